The molecule has 4 nitrogen and oxygen atoms in total. The standard InChI is InChI=1S/C57H39N3O/c1-57(2)49-23-13-11-21-44(49)45-32-30-42(35-50(45)57)60(40-18-7-4-8-19-40)41-28-25-38(26-29-41)56-58-51-24-14-12-22-46(51)54(59-56)48-33-39(36-15-5-3-6-16-36)34-52-53(48)47-31-27-37-17-9-10-20-43(37)55(47)61-52/h3-35H,1-2H3. The molecule has 0 bridgehead atoms. The molecule has 1 aliphatic rings. The fourth-order valence-corrected chi connectivity index (χ4v) is 9.64. The molecule has 9 aromatic carbocycles. The first-order valence-corrected chi connectivity index (χ1v) is 20.9. The van der Waals surface area contributed by atoms with Gasteiger partial charge in [-0.1, -0.05) is 141 Å². The predicted molar refractivity (Wildman–Crippen MR) is 253 cm³/mol. The Morgan fingerprint density at radius 2 is 1.11 bits per heavy atom. The molecule has 0 spiro atoms. The number of hydrogen-bond acceptors (Lipinski definition) is 4. The van der Waals surface area contributed by atoms with Crippen LogP contribution in [0.4, 0.5) is 17.1 Å². The van der Waals surface area contributed by atoms with E-state index < -0.39 is 0 Å². The zero-order valence-electron chi connectivity index (χ0n) is 33.8. The predicted octanol–water partition coefficient (Wildman–Crippen LogP) is 15.5. The Hall–Kier alpha value is -7.82. The minimum absolute atomic E-state index is 0.109. The van der Waals surface area contributed by atoms with E-state index in [2.05, 4.69) is 219 Å². The molecule has 1 aliphatic carbocycles. The molecule has 288 valence electrons. The highest BCUT2D eigenvalue weighted by Crippen LogP contribution is 2.51. The normalized spacial score (nSPS) is 12.9. The first-order chi connectivity index (χ1) is 30.0. The summed E-state index contributed by atoms with van der Waals surface area (Å²) in [7, 11) is 0. The molecule has 61 heavy (non-hydrogen) atoms. The van der Waals surface area contributed by atoms with Gasteiger partial charge in [-0.3, -0.25) is 0 Å². The number of rotatable bonds is 6. The lowest BCUT2D eigenvalue weighted by Gasteiger charge is -2.28. The highest BCUT2D eigenvalue weighted by molar-refractivity contribution is 6.20. The van der Waals surface area contributed by atoms with Crippen LogP contribution in [0.5, 0.6) is 0 Å². The Kier molecular flexibility index (Phi) is 7.85. The van der Waals surface area contributed by atoms with E-state index in [1.807, 2.05) is 0 Å². The van der Waals surface area contributed by atoms with E-state index in [-0.39, 0.29) is 5.41 Å². The summed E-state index contributed by atoms with van der Waals surface area (Å²) in [4.78, 5) is 13.0. The lowest BCUT2D eigenvalue weighted by atomic mass is 9.82. The lowest BCUT2D eigenvalue weighted by Crippen LogP contribution is -2.16. The maximum Gasteiger partial charge on any atom is 0.160 e. The average Bonchev–Trinajstić information content (AvgIpc) is 3.81. The van der Waals surface area contributed by atoms with Crippen molar-refractivity contribution in [3.8, 4) is 44.9 Å². The molecule has 0 N–H and O–H groups in total. The summed E-state index contributed by atoms with van der Waals surface area (Å²) < 4.78 is 6.83. The number of hydrogen-bond donors (Lipinski definition) is 0. The van der Waals surface area contributed by atoms with Gasteiger partial charge in [-0.15, -0.1) is 0 Å². The van der Waals surface area contributed by atoms with Gasteiger partial charge in [-0.25, -0.2) is 9.97 Å². The van der Waals surface area contributed by atoms with Gasteiger partial charge in [0.15, 0.2) is 5.82 Å². The molecule has 0 fully saturated rings. The smallest absolute Gasteiger partial charge is 0.160 e. The van der Waals surface area contributed by atoms with Crippen LogP contribution in [0.25, 0.3) is 88.5 Å². The van der Waals surface area contributed by atoms with Crippen molar-refractivity contribution in [3.05, 3.63) is 211 Å². The fraction of sp³-hybridized carbons (Fsp3) is 0.0526. The van der Waals surface area contributed by atoms with E-state index in [4.69, 9.17) is 14.4 Å². The second-order valence-corrected chi connectivity index (χ2v) is 16.6. The molecular formula is C57H39N3O. The third-order valence-corrected chi connectivity index (χ3v) is 12.7. The van der Waals surface area contributed by atoms with Crippen LogP contribution in [-0.2, 0) is 5.41 Å². The molecule has 0 radical (unpaired) electrons. The van der Waals surface area contributed by atoms with Crippen LogP contribution in [-0.4, -0.2) is 9.97 Å². The van der Waals surface area contributed by atoms with Crippen molar-refractivity contribution >= 4 is 60.7 Å². The van der Waals surface area contributed by atoms with Gasteiger partial charge >= 0.3 is 0 Å². The maximum absolute atomic E-state index is 6.83. The van der Waals surface area contributed by atoms with Crippen molar-refractivity contribution in [2.75, 3.05) is 4.90 Å². The molecule has 2 aromatic heterocycles. The van der Waals surface area contributed by atoms with Gasteiger partial charge in [0.25, 0.3) is 0 Å². The summed E-state index contributed by atoms with van der Waals surface area (Å²) in [6, 6.07) is 71.1. The first kappa shape index (κ1) is 35.2. The summed E-state index contributed by atoms with van der Waals surface area (Å²) in [5.74, 6) is 0.667. The van der Waals surface area contributed by atoms with Crippen molar-refractivity contribution in [1.82, 2.24) is 9.97 Å². The second-order valence-electron chi connectivity index (χ2n) is 16.6. The van der Waals surface area contributed by atoms with Crippen LogP contribution in [0.2, 0.25) is 0 Å². The number of anilines is 3. The molecular weight excluding hydrogens is 743 g/mol. The Bertz CT molecular complexity index is 3500. The van der Waals surface area contributed by atoms with Gasteiger partial charge in [0.2, 0.25) is 0 Å². The fourth-order valence-electron chi connectivity index (χ4n) is 9.64. The van der Waals surface area contributed by atoms with Gasteiger partial charge in [0.1, 0.15) is 11.2 Å². The Labute approximate surface area is 354 Å². The zero-order valence-corrected chi connectivity index (χ0v) is 33.8. The lowest BCUT2D eigenvalue weighted by molar-refractivity contribution is 0.660. The summed E-state index contributed by atoms with van der Waals surface area (Å²) in [5.41, 5.74) is 16.1. The van der Waals surface area contributed by atoms with E-state index in [0.717, 1.165) is 88.6 Å². The highest BCUT2D eigenvalue weighted by Gasteiger charge is 2.35. The van der Waals surface area contributed by atoms with Gasteiger partial charge in [0, 0.05) is 55.1 Å². The van der Waals surface area contributed by atoms with Crippen molar-refractivity contribution in [2.24, 2.45) is 0 Å². The SMILES string of the molecule is CC1(C)c2ccccc2-c2ccc(N(c3ccccc3)c3ccc(-c4nc(-c5cc(-c6ccccc6)cc6oc7c8ccccc8ccc7c56)c5ccccc5n4)cc3)cc21. The highest BCUT2D eigenvalue weighted by atomic mass is 16.3. The third-order valence-electron chi connectivity index (χ3n) is 12.7. The molecule has 0 saturated heterocycles. The number of fused-ring (bicyclic) bond motifs is 9. The molecule has 0 saturated carbocycles. The van der Waals surface area contributed by atoms with Gasteiger partial charge in [-0.2, -0.15) is 0 Å². The number of furan rings is 1. The number of para-hydroxylation sites is 2. The molecule has 0 unspecified atom stereocenters. The van der Waals surface area contributed by atoms with E-state index in [1.54, 1.807) is 0 Å². The molecule has 0 aliphatic heterocycles. The van der Waals surface area contributed by atoms with Crippen molar-refractivity contribution in [3.63, 3.8) is 0 Å². The number of aromatic nitrogens is 2. The number of benzene rings is 9. The second kappa shape index (κ2) is 13.6. The van der Waals surface area contributed by atoms with Crippen LogP contribution in [0.3, 0.4) is 0 Å². The largest absolute Gasteiger partial charge is 0.455 e. The van der Waals surface area contributed by atoms with Crippen LogP contribution >= 0.6 is 0 Å². The Balaban J connectivity index is 1.02. The van der Waals surface area contributed by atoms with E-state index in [9.17, 15) is 0 Å². The monoisotopic (exact) mass is 781 g/mol. The average molecular weight is 782 g/mol. The van der Waals surface area contributed by atoms with Crippen molar-refractivity contribution < 1.29 is 4.42 Å². The molecule has 11 aromatic rings. The number of nitrogens with zero attached hydrogens (tertiary/aromatic N) is 3. The van der Waals surface area contributed by atoms with E-state index >= 15 is 0 Å². The summed E-state index contributed by atoms with van der Waals surface area (Å²) >= 11 is 0. The van der Waals surface area contributed by atoms with Gasteiger partial charge in [-0.05, 0) is 112 Å². The third kappa shape index (κ3) is 5.60. The minimum atomic E-state index is -0.109. The summed E-state index contributed by atoms with van der Waals surface area (Å²) in [5, 5.41) is 5.34. The van der Waals surface area contributed by atoms with E-state index in [0.29, 0.717) is 5.82 Å². The Morgan fingerprint density at radius 3 is 1.95 bits per heavy atom. The molecule has 12 rings (SSSR count). The summed E-state index contributed by atoms with van der Waals surface area (Å²) in [6.45, 7) is 4.67. The van der Waals surface area contributed by atoms with Gasteiger partial charge < -0.3 is 9.32 Å². The van der Waals surface area contributed by atoms with Crippen molar-refractivity contribution in [2.45, 2.75) is 19.3 Å². The van der Waals surface area contributed by atoms with Gasteiger partial charge in [0.05, 0.1) is 11.2 Å². The molecule has 2 heterocycles. The van der Waals surface area contributed by atoms with Crippen LogP contribution in [0, 0.1) is 0 Å². The quantitative estimate of drug-likeness (QED) is 0.168. The topological polar surface area (TPSA) is 42.2 Å². The molecule has 4 heteroatoms. The maximum atomic E-state index is 6.83. The zero-order chi connectivity index (χ0) is 40.7. The minimum Gasteiger partial charge on any atom is -0.455 e. The van der Waals surface area contributed by atoms with Crippen LogP contribution in [0.1, 0.15) is 25.0 Å². The van der Waals surface area contributed by atoms with Crippen LogP contribution < -0.4 is 4.90 Å². The molecule has 0 atom stereocenters. The van der Waals surface area contributed by atoms with Crippen LogP contribution in [0.15, 0.2) is 205 Å². The Morgan fingerprint density at radius 1 is 0.443 bits per heavy atom. The molecule has 0 amide bonds. The van der Waals surface area contributed by atoms with Crippen molar-refractivity contribution in [1.29, 1.82) is 0 Å². The first-order valence-electron chi connectivity index (χ1n) is 20.9. The summed E-state index contributed by atoms with van der Waals surface area (Å²) in [6.07, 6.45) is 0. The van der Waals surface area contributed by atoms with E-state index in [1.165, 1.54) is 22.3 Å².